The summed E-state index contributed by atoms with van der Waals surface area (Å²) >= 11 is 0. The second kappa shape index (κ2) is 19.7. The molecule has 2 aromatic rings. The zero-order valence-electron chi connectivity index (χ0n) is 22.7. The van der Waals surface area contributed by atoms with E-state index in [1.165, 1.54) is 126 Å². The fourth-order valence-corrected chi connectivity index (χ4v) is 4.96. The van der Waals surface area contributed by atoms with Crippen molar-refractivity contribution < 1.29 is 0 Å². The van der Waals surface area contributed by atoms with E-state index < -0.39 is 0 Å². The van der Waals surface area contributed by atoms with Crippen molar-refractivity contribution in [2.45, 2.75) is 149 Å². The number of aryl methyl sites for hydroxylation is 4. The molecule has 2 nitrogen and oxygen atoms in total. The number of hydrogen-bond acceptors (Lipinski definition) is 1. The molecule has 0 aliphatic rings. The molecule has 1 heterocycles. The van der Waals surface area contributed by atoms with Crippen LogP contribution in [0.1, 0.15) is 140 Å². The van der Waals surface area contributed by atoms with Crippen LogP contribution in [0, 0.1) is 0 Å². The van der Waals surface area contributed by atoms with Gasteiger partial charge in [-0.3, -0.25) is 0 Å². The molecule has 0 atom stereocenters. The average Bonchev–Trinajstić information content (AvgIpc) is 3.25. The van der Waals surface area contributed by atoms with E-state index in [9.17, 15) is 0 Å². The summed E-state index contributed by atoms with van der Waals surface area (Å²) in [5.74, 6) is 1.33. The maximum Gasteiger partial charge on any atom is 0.108 e. The van der Waals surface area contributed by atoms with Crippen LogP contribution in [0.3, 0.4) is 0 Å². The van der Waals surface area contributed by atoms with E-state index in [4.69, 9.17) is 4.98 Å². The highest BCUT2D eigenvalue weighted by atomic mass is 15.1. The van der Waals surface area contributed by atoms with Gasteiger partial charge in [-0.1, -0.05) is 134 Å². The molecule has 0 unspecified atom stereocenters. The van der Waals surface area contributed by atoms with E-state index in [2.05, 4.69) is 54.9 Å². The van der Waals surface area contributed by atoms with Crippen molar-refractivity contribution in [2.24, 2.45) is 0 Å². The van der Waals surface area contributed by atoms with Gasteiger partial charge in [0.2, 0.25) is 0 Å². The van der Waals surface area contributed by atoms with E-state index in [1.807, 2.05) is 0 Å². The number of imidazole rings is 1. The molecule has 2 heteroatoms. The average molecular weight is 467 g/mol. The number of nitrogens with zero attached hydrogens (tertiary/aromatic N) is 2. The number of rotatable bonds is 22. The van der Waals surface area contributed by atoms with E-state index in [-0.39, 0.29) is 0 Å². The van der Waals surface area contributed by atoms with Crippen LogP contribution in [-0.4, -0.2) is 9.55 Å². The monoisotopic (exact) mass is 466 g/mol. The van der Waals surface area contributed by atoms with Crippen molar-refractivity contribution in [2.75, 3.05) is 0 Å². The molecule has 192 valence electrons. The van der Waals surface area contributed by atoms with Crippen LogP contribution in [0.25, 0.3) is 0 Å². The maximum atomic E-state index is 5.03. The fraction of sp³-hybridized carbons (Fsp3) is 0.719. The quantitative estimate of drug-likeness (QED) is 0.158. The van der Waals surface area contributed by atoms with E-state index in [1.54, 1.807) is 0 Å². The summed E-state index contributed by atoms with van der Waals surface area (Å²) < 4.78 is 2.48. The van der Waals surface area contributed by atoms with E-state index >= 15 is 0 Å². The summed E-state index contributed by atoms with van der Waals surface area (Å²) in [7, 11) is 0. The number of unbranched alkanes of at least 4 members (excludes halogenated alkanes) is 14. The highest BCUT2D eigenvalue weighted by Crippen LogP contribution is 2.15. The smallest absolute Gasteiger partial charge is 0.108 e. The first-order valence-corrected chi connectivity index (χ1v) is 14.9. The van der Waals surface area contributed by atoms with Gasteiger partial charge in [-0.25, -0.2) is 4.98 Å². The van der Waals surface area contributed by atoms with Crippen molar-refractivity contribution in [3.8, 4) is 0 Å². The number of hydrogen-bond donors (Lipinski definition) is 0. The molecule has 0 fully saturated rings. The number of aromatic nitrogens is 2. The highest BCUT2D eigenvalue weighted by molar-refractivity contribution is 5.15. The molecule has 0 amide bonds. The molecule has 1 aromatic carbocycles. The first-order valence-electron chi connectivity index (χ1n) is 14.9. The van der Waals surface area contributed by atoms with Crippen molar-refractivity contribution in [1.29, 1.82) is 0 Å². The Morgan fingerprint density at radius 2 is 1.12 bits per heavy atom. The van der Waals surface area contributed by atoms with Crippen molar-refractivity contribution in [3.05, 3.63) is 53.6 Å². The van der Waals surface area contributed by atoms with Gasteiger partial charge in [0.25, 0.3) is 0 Å². The normalized spacial score (nSPS) is 11.4. The van der Waals surface area contributed by atoms with Crippen LogP contribution in [0.5, 0.6) is 0 Å². The molecule has 0 radical (unpaired) electrons. The Hall–Kier alpha value is -1.57. The Morgan fingerprint density at radius 3 is 1.71 bits per heavy atom. The fourth-order valence-electron chi connectivity index (χ4n) is 4.96. The summed E-state index contributed by atoms with van der Waals surface area (Å²) in [6.07, 6.45) is 29.3. The highest BCUT2D eigenvalue weighted by Gasteiger charge is 2.08. The van der Waals surface area contributed by atoms with Crippen LogP contribution in [0.4, 0.5) is 0 Å². The first-order chi connectivity index (χ1) is 16.8. The lowest BCUT2D eigenvalue weighted by molar-refractivity contribution is 0.518. The Bertz CT molecular complexity index is 703. The molecule has 0 aliphatic carbocycles. The second-order valence-electron chi connectivity index (χ2n) is 10.4. The number of benzene rings is 1. The summed E-state index contributed by atoms with van der Waals surface area (Å²) in [6.45, 7) is 5.73. The molecule has 0 bridgehead atoms. The van der Waals surface area contributed by atoms with Gasteiger partial charge in [0.05, 0.1) is 5.69 Å². The molecule has 0 aliphatic heterocycles. The van der Waals surface area contributed by atoms with Crippen LogP contribution in [0.2, 0.25) is 0 Å². The molecular weight excluding hydrogens is 412 g/mol. The van der Waals surface area contributed by atoms with Crippen molar-refractivity contribution >= 4 is 0 Å². The minimum absolute atomic E-state index is 1.10. The minimum atomic E-state index is 1.10. The molecule has 0 spiro atoms. The largest absolute Gasteiger partial charge is 0.335 e. The Morgan fingerprint density at radius 1 is 0.559 bits per heavy atom. The SMILES string of the molecule is CCCCCCCCCCCCCCCCn1cc(CCCc2ccccc2)nc1CCCC. The predicted molar refractivity (Wildman–Crippen MR) is 150 cm³/mol. The molecule has 0 saturated carbocycles. The van der Waals surface area contributed by atoms with Gasteiger partial charge in [-0.15, -0.1) is 0 Å². The third-order valence-corrected chi connectivity index (χ3v) is 7.16. The van der Waals surface area contributed by atoms with E-state index in [0.29, 0.717) is 0 Å². The molecular formula is C32H54N2. The van der Waals surface area contributed by atoms with Gasteiger partial charge < -0.3 is 4.57 Å². The molecule has 1 aromatic heterocycles. The Kier molecular flexibility index (Phi) is 16.6. The van der Waals surface area contributed by atoms with Gasteiger partial charge in [-0.05, 0) is 37.7 Å². The summed E-state index contributed by atoms with van der Waals surface area (Å²) in [4.78, 5) is 5.03. The van der Waals surface area contributed by atoms with Crippen LogP contribution in [-0.2, 0) is 25.8 Å². The summed E-state index contributed by atoms with van der Waals surface area (Å²) in [5.41, 5.74) is 2.74. The van der Waals surface area contributed by atoms with Crippen molar-refractivity contribution in [1.82, 2.24) is 9.55 Å². The predicted octanol–water partition coefficient (Wildman–Crippen LogP) is 9.88. The van der Waals surface area contributed by atoms with Gasteiger partial charge >= 0.3 is 0 Å². The lowest BCUT2D eigenvalue weighted by Crippen LogP contribution is -2.03. The Labute approximate surface area is 212 Å². The van der Waals surface area contributed by atoms with Gasteiger partial charge in [0.15, 0.2) is 0 Å². The topological polar surface area (TPSA) is 17.8 Å². The first kappa shape index (κ1) is 28.7. The third-order valence-electron chi connectivity index (χ3n) is 7.16. The van der Waals surface area contributed by atoms with E-state index in [0.717, 1.165) is 25.8 Å². The van der Waals surface area contributed by atoms with Crippen LogP contribution in [0.15, 0.2) is 36.5 Å². The molecule has 0 saturated heterocycles. The molecule has 0 N–H and O–H groups in total. The zero-order chi connectivity index (χ0) is 24.1. The summed E-state index contributed by atoms with van der Waals surface area (Å²) in [5, 5.41) is 0. The van der Waals surface area contributed by atoms with Crippen molar-refractivity contribution in [3.63, 3.8) is 0 Å². The van der Waals surface area contributed by atoms with Crippen LogP contribution >= 0.6 is 0 Å². The lowest BCUT2D eigenvalue weighted by atomic mass is 10.0. The summed E-state index contributed by atoms with van der Waals surface area (Å²) in [6, 6.07) is 10.9. The van der Waals surface area contributed by atoms with Gasteiger partial charge in [0.1, 0.15) is 5.82 Å². The van der Waals surface area contributed by atoms with Crippen LogP contribution < -0.4 is 0 Å². The van der Waals surface area contributed by atoms with Gasteiger partial charge in [0, 0.05) is 19.2 Å². The lowest BCUT2D eigenvalue weighted by Gasteiger charge is -2.07. The van der Waals surface area contributed by atoms with Gasteiger partial charge in [-0.2, -0.15) is 0 Å². The molecule has 2 rings (SSSR count). The maximum absolute atomic E-state index is 5.03. The third kappa shape index (κ3) is 13.4. The zero-order valence-corrected chi connectivity index (χ0v) is 22.7. The Balaban J connectivity index is 1.55. The second-order valence-corrected chi connectivity index (χ2v) is 10.4. The molecule has 34 heavy (non-hydrogen) atoms. The minimum Gasteiger partial charge on any atom is -0.335 e. The standard InChI is InChI=1S/C32H54N2/c1-3-5-7-8-9-10-11-12-13-14-15-16-17-21-28-34-29-31(33-32(34)27-6-4-2)26-22-25-30-23-19-18-20-24-30/h18-20,23-24,29H,3-17,21-22,25-28H2,1-2H3.